The molecule has 0 amide bonds. The average molecular weight is 241 g/mol. The molecule has 2 nitrogen and oxygen atoms in total. The van der Waals surface area contributed by atoms with Gasteiger partial charge in [-0.3, -0.25) is 0 Å². The Morgan fingerprint density at radius 3 is 2.18 bits per heavy atom. The van der Waals surface area contributed by atoms with Crippen LogP contribution in [0, 0.1) is 23.0 Å². The molecule has 1 aromatic rings. The summed E-state index contributed by atoms with van der Waals surface area (Å²) in [5.41, 5.74) is 5.63. The molecular weight excluding hydrogens is 224 g/mol. The van der Waals surface area contributed by atoms with E-state index in [0.29, 0.717) is 6.54 Å². The van der Waals surface area contributed by atoms with Crippen molar-refractivity contribution in [2.75, 3.05) is 13.7 Å². The van der Waals surface area contributed by atoms with Gasteiger partial charge in [-0.2, -0.15) is 0 Å². The third-order valence-corrected chi connectivity index (χ3v) is 3.90. The van der Waals surface area contributed by atoms with Gasteiger partial charge in [0, 0.05) is 17.7 Å². The fourth-order valence-corrected chi connectivity index (χ4v) is 2.73. The number of rotatable bonds is 3. The molecule has 0 heterocycles. The third kappa shape index (κ3) is 1.80. The van der Waals surface area contributed by atoms with Crippen molar-refractivity contribution in [3.8, 4) is 5.75 Å². The van der Waals surface area contributed by atoms with E-state index in [4.69, 9.17) is 10.5 Å². The van der Waals surface area contributed by atoms with Crippen molar-refractivity contribution in [3.05, 3.63) is 29.3 Å². The van der Waals surface area contributed by atoms with E-state index in [9.17, 15) is 8.78 Å². The molecule has 2 N–H and O–H groups in total. The van der Waals surface area contributed by atoms with Crippen LogP contribution in [0.2, 0.25) is 0 Å². The largest absolute Gasteiger partial charge is 0.497 e. The molecule has 1 aliphatic rings. The van der Waals surface area contributed by atoms with Crippen molar-refractivity contribution in [3.63, 3.8) is 0 Å². The normalized spacial score (nSPS) is 25.8. The van der Waals surface area contributed by atoms with Crippen molar-refractivity contribution >= 4 is 0 Å². The van der Waals surface area contributed by atoms with Crippen molar-refractivity contribution in [2.45, 2.75) is 19.8 Å². The second-order valence-corrected chi connectivity index (χ2v) is 5.15. The number of nitrogens with two attached hydrogens (primary N) is 1. The molecule has 0 bridgehead atoms. The summed E-state index contributed by atoms with van der Waals surface area (Å²) in [5.74, 6) is -0.892. The van der Waals surface area contributed by atoms with Gasteiger partial charge in [-0.05, 0) is 23.8 Å². The van der Waals surface area contributed by atoms with E-state index >= 15 is 0 Å². The zero-order chi connectivity index (χ0) is 12.8. The van der Waals surface area contributed by atoms with Crippen molar-refractivity contribution < 1.29 is 13.5 Å². The first-order valence-corrected chi connectivity index (χ1v) is 5.66. The molecule has 2 atom stereocenters. The SMILES string of the molecule is COc1cc(F)c([C@H]2[C@H](CN)C2(C)C)c(F)c1. The first-order valence-electron chi connectivity index (χ1n) is 5.66. The van der Waals surface area contributed by atoms with Gasteiger partial charge in [0.2, 0.25) is 0 Å². The molecule has 0 aliphatic heterocycles. The minimum absolute atomic E-state index is 0.134. The van der Waals surface area contributed by atoms with E-state index in [1.165, 1.54) is 19.2 Å². The Hall–Kier alpha value is -1.16. The van der Waals surface area contributed by atoms with E-state index in [0.717, 1.165) is 0 Å². The summed E-state index contributed by atoms with van der Waals surface area (Å²) in [6, 6.07) is 2.45. The molecule has 1 saturated carbocycles. The summed E-state index contributed by atoms with van der Waals surface area (Å²) in [4.78, 5) is 0. The molecule has 0 spiro atoms. The van der Waals surface area contributed by atoms with Crippen LogP contribution in [0.15, 0.2) is 12.1 Å². The first-order chi connectivity index (χ1) is 7.93. The van der Waals surface area contributed by atoms with Gasteiger partial charge in [-0.25, -0.2) is 8.78 Å². The molecule has 0 saturated heterocycles. The lowest BCUT2D eigenvalue weighted by atomic mass is 10.0. The van der Waals surface area contributed by atoms with Crippen LogP contribution in [-0.4, -0.2) is 13.7 Å². The highest BCUT2D eigenvalue weighted by molar-refractivity contribution is 5.38. The van der Waals surface area contributed by atoms with E-state index < -0.39 is 11.6 Å². The summed E-state index contributed by atoms with van der Waals surface area (Å²) in [6.07, 6.45) is 0. The van der Waals surface area contributed by atoms with Gasteiger partial charge in [0.25, 0.3) is 0 Å². The quantitative estimate of drug-likeness (QED) is 0.883. The minimum atomic E-state index is -0.545. The lowest BCUT2D eigenvalue weighted by Gasteiger charge is -2.08. The van der Waals surface area contributed by atoms with Crippen LogP contribution in [0.25, 0.3) is 0 Å². The molecule has 1 aromatic carbocycles. The van der Waals surface area contributed by atoms with Crippen molar-refractivity contribution in [1.82, 2.24) is 0 Å². The summed E-state index contributed by atoms with van der Waals surface area (Å²) in [6.45, 7) is 4.42. The van der Waals surface area contributed by atoms with Gasteiger partial charge in [0.1, 0.15) is 17.4 Å². The number of methoxy groups -OCH3 is 1. The van der Waals surface area contributed by atoms with E-state index in [1.54, 1.807) is 0 Å². The molecule has 0 unspecified atom stereocenters. The standard InChI is InChI=1S/C13H17F2NO/c1-13(2)8(6-16)12(13)11-9(14)4-7(17-3)5-10(11)15/h4-5,8,12H,6,16H2,1-3H3/t8-,12+/m0/s1. The smallest absolute Gasteiger partial charge is 0.133 e. The summed E-state index contributed by atoms with van der Waals surface area (Å²) in [5, 5.41) is 0. The Bertz CT molecular complexity index is 422. The molecule has 2 rings (SSSR count). The van der Waals surface area contributed by atoms with E-state index in [1.807, 2.05) is 13.8 Å². The predicted octanol–water partition coefficient (Wildman–Crippen LogP) is 2.67. The van der Waals surface area contributed by atoms with Gasteiger partial charge < -0.3 is 10.5 Å². The lowest BCUT2D eigenvalue weighted by molar-refractivity contribution is 0.404. The zero-order valence-electron chi connectivity index (χ0n) is 10.3. The highest BCUT2D eigenvalue weighted by atomic mass is 19.1. The highest BCUT2D eigenvalue weighted by Gasteiger charge is 2.59. The molecule has 1 aliphatic carbocycles. The Morgan fingerprint density at radius 1 is 1.29 bits per heavy atom. The number of halogens is 2. The molecular formula is C13H17F2NO. The number of hydrogen-bond donors (Lipinski definition) is 1. The fraction of sp³-hybridized carbons (Fsp3) is 0.538. The van der Waals surface area contributed by atoms with Crippen LogP contribution in [0.4, 0.5) is 8.78 Å². The molecule has 1 fully saturated rings. The number of benzene rings is 1. The van der Waals surface area contributed by atoms with Crippen LogP contribution in [-0.2, 0) is 0 Å². The van der Waals surface area contributed by atoms with Gasteiger partial charge >= 0.3 is 0 Å². The van der Waals surface area contributed by atoms with Gasteiger partial charge in [-0.15, -0.1) is 0 Å². The first kappa shape index (κ1) is 12.3. The monoisotopic (exact) mass is 241 g/mol. The molecule has 4 heteroatoms. The summed E-state index contributed by atoms with van der Waals surface area (Å²) < 4.78 is 32.6. The molecule has 94 valence electrons. The minimum Gasteiger partial charge on any atom is -0.497 e. The Kier molecular flexibility index (Phi) is 2.86. The Labute approximate surface area is 99.8 Å². The topological polar surface area (TPSA) is 35.2 Å². The maximum atomic E-state index is 13.9. The van der Waals surface area contributed by atoms with Crippen molar-refractivity contribution in [1.29, 1.82) is 0 Å². The Morgan fingerprint density at radius 2 is 1.82 bits per heavy atom. The molecule has 17 heavy (non-hydrogen) atoms. The number of hydrogen-bond acceptors (Lipinski definition) is 2. The predicted molar refractivity (Wildman–Crippen MR) is 62.0 cm³/mol. The van der Waals surface area contributed by atoms with E-state index in [-0.39, 0.29) is 28.6 Å². The molecule has 0 radical (unpaired) electrons. The highest BCUT2D eigenvalue weighted by Crippen LogP contribution is 2.64. The van der Waals surface area contributed by atoms with Crippen LogP contribution in [0.1, 0.15) is 25.3 Å². The maximum Gasteiger partial charge on any atom is 0.133 e. The van der Waals surface area contributed by atoms with Gasteiger partial charge in [0.05, 0.1) is 7.11 Å². The third-order valence-electron chi connectivity index (χ3n) is 3.90. The molecule has 0 aromatic heterocycles. The summed E-state index contributed by atoms with van der Waals surface area (Å²) >= 11 is 0. The average Bonchev–Trinajstić information content (AvgIpc) is 2.79. The maximum absolute atomic E-state index is 13.9. The number of ether oxygens (including phenoxy) is 1. The Balaban J connectivity index is 2.41. The van der Waals surface area contributed by atoms with Crippen LogP contribution in [0.3, 0.4) is 0 Å². The lowest BCUT2D eigenvalue weighted by Crippen LogP contribution is -2.05. The fourth-order valence-electron chi connectivity index (χ4n) is 2.73. The van der Waals surface area contributed by atoms with Crippen molar-refractivity contribution in [2.24, 2.45) is 17.1 Å². The van der Waals surface area contributed by atoms with E-state index in [2.05, 4.69) is 0 Å². The van der Waals surface area contributed by atoms with Crippen LogP contribution < -0.4 is 10.5 Å². The van der Waals surface area contributed by atoms with Gasteiger partial charge in [0.15, 0.2) is 0 Å². The van der Waals surface area contributed by atoms with Crippen LogP contribution >= 0.6 is 0 Å². The second kappa shape index (κ2) is 3.95. The van der Waals surface area contributed by atoms with Crippen LogP contribution in [0.5, 0.6) is 5.75 Å². The second-order valence-electron chi connectivity index (χ2n) is 5.15. The van der Waals surface area contributed by atoms with Gasteiger partial charge in [-0.1, -0.05) is 13.8 Å². The zero-order valence-corrected chi connectivity index (χ0v) is 10.3. The summed E-state index contributed by atoms with van der Waals surface area (Å²) in [7, 11) is 1.39.